The lowest BCUT2D eigenvalue weighted by molar-refractivity contribution is 0.249. The average Bonchev–Trinajstić information content (AvgIpc) is 2.39. The van der Waals surface area contributed by atoms with E-state index in [4.69, 9.17) is 5.73 Å². The molecule has 1 saturated heterocycles. The van der Waals surface area contributed by atoms with Crippen LogP contribution in [0, 0.1) is 0 Å². The molecule has 1 fully saturated rings. The summed E-state index contributed by atoms with van der Waals surface area (Å²) >= 11 is 0. The van der Waals surface area contributed by atoms with Crippen LogP contribution < -0.4 is 10.6 Å². The fourth-order valence-electron chi connectivity index (χ4n) is 2.49. The summed E-state index contributed by atoms with van der Waals surface area (Å²) in [5, 5.41) is 0. The van der Waals surface area contributed by atoms with E-state index in [0.717, 1.165) is 24.8 Å². The van der Waals surface area contributed by atoms with E-state index in [1.165, 1.54) is 18.5 Å². The summed E-state index contributed by atoms with van der Waals surface area (Å²) in [5.74, 6) is 0. The summed E-state index contributed by atoms with van der Waals surface area (Å²) in [6.07, 6.45) is 4.40. The van der Waals surface area contributed by atoms with Crippen molar-refractivity contribution < 1.29 is 0 Å². The van der Waals surface area contributed by atoms with Crippen LogP contribution in [0.5, 0.6) is 0 Å². The monoisotopic (exact) mass is 248 g/mol. The minimum Gasteiger partial charge on any atom is -0.370 e. The molecule has 0 bridgehead atoms. The summed E-state index contributed by atoms with van der Waals surface area (Å²) < 4.78 is 0. The van der Waals surface area contributed by atoms with Crippen LogP contribution >= 0.6 is 0 Å². The highest BCUT2D eigenvalue weighted by Crippen LogP contribution is 2.21. The molecule has 1 aliphatic heterocycles. The molecule has 1 aliphatic rings. The van der Waals surface area contributed by atoms with E-state index in [9.17, 15) is 0 Å². The van der Waals surface area contributed by atoms with Crippen LogP contribution in [-0.2, 0) is 0 Å². The van der Waals surface area contributed by atoms with Crippen LogP contribution in [-0.4, -0.2) is 43.1 Å². The molecule has 1 atom stereocenters. The summed E-state index contributed by atoms with van der Waals surface area (Å²) in [5.41, 5.74) is 7.99. The third-order valence-electron chi connectivity index (χ3n) is 3.80. The molecule has 2 N–H and O–H groups in total. The van der Waals surface area contributed by atoms with Crippen LogP contribution in [0.4, 0.5) is 5.69 Å². The molecule has 0 unspecified atom stereocenters. The number of pyridine rings is 1. The Morgan fingerprint density at radius 2 is 2.00 bits per heavy atom. The van der Waals surface area contributed by atoms with E-state index in [1.54, 1.807) is 0 Å². The predicted molar refractivity (Wildman–Crippen MR) is 75.8 cm³/mol. The number of rotatable bonds is 3. The maximum Gasteiger partial charge on any atom is 0.0569 e. The molecule has 1 aromatic heterocycles. The Labute approximate surface area is 110 Å². The maximum absolute atomic E-state index is 5.81. The lowest BCUT2D eigenvalue weighted by Gasteiger charge is -2.36. The normalized spacial score (nSPS) is 19.3. The largest absolute Gasteiger partial charge is 0.370 e. The van der Waals surface area contributed by atoms with Gasteiger partial charge >= 0.3 is 0 Å². The van der Waals surface area contributed by atoms with Gasteiger partial charge in [0.15, 0.2) is 0 Å². The Bertz CT molecular complexity index is 364. The van der Waals surface area contributed by atoms with Gasteiger partial charge in [-0.3, -0.25) is 4.98 Å². The third kappa shape index (κ3) is 3.00. The van der Waals surface area contributed by atoms with Gasteiger partial charge in [-0.1, -0.05) is 0 Å². The Morgan fingerprint density at radius 1 is 1.33 bits per heavy atom. The minimum absolute atomic E-state index is 0.0125. The van der Waals surface area contributed by atoms with Gasteiger partial charge in [0, 0.05) is 25.2 Å². The quantitative estimate of drug-likeness (QED) is 0.883. The third-order valence-corrected chi connectivity index (χ3v) is 3.80. The smallest absolute Gasteiger partial charge is 0.0569 e. The van der Waals surface area contributed by atoms with Crippen molar-refractivity contribution in [3.8, 4) is 0 Å². The highest BCUT2D eigenvalue weighted by Gasteiger charge is 2.20. The van der Waals surface area contributed by atoms with Crippen LogP contribution in [0.15, 0.2) is 18.3 Å². The second kappa shape index (κ2) is 5.67. The Hall–Kier alpha value is -1.13. The predicted octanol–water partition coefficient (Wildman–Crippen LogP) is 1.63. The Balaban J connectivity index is 1.97. The van der Waals surface area contributed by atoms with Gasteiger partial charge < -0.3 is 15.5 Å². The second-order valence-corrected chi connectivity index (χ2v) is 5.41. The van der Waals surface area contributed by atoms with Crippen molar-refractivity contribution in [2.45, 2.75) is 31.8 Å². The van der Waals surface area contributed by atoms with Crippen molar-refractivity contribution >= 4 is 5.69 Å². The second-order valence-electron chi connectivity index (χ2n) is 5.41. The topological polar surface area (TPSA) is 45.4 Å². The number of piperidine rings is 1. The van der Waals surface area contributed by atoms with Crippen molar-refractivity contribution in [1.29, 1.82) is 0 Å². The number of hydrogen-bond acceptors (Lipinski definition) is 4. The van der Waals surface area contributed by atoms with Gasteiger partial charge in [0.25, 0.3) is 0 Å². The zero-order chi connectivity index (χ0) is 13.1. The lowest BCUT2D eigenvalue weighted by atomic mass is 10.0. The Kier molecular flexibility index (Phi) is 4.19. The molecule has 1 aromatic rings. The van der Waals surface area contributed by atoms with E-state index in [-0.39, 0.29) is 6.04 Å². The fraction of sp³-hybridized carbons (Fsp3) is 0.643. The lowest BCUT2D eigenvalue weighted by Crippen LogP contribution is -2.42. The number of nitrogens with two attached hydrogens (primary N) is 1. The van der Waals surface area contributed by atoms with Gasteiger partial charge in [0.05, 0.1) is 17.6 Å². The van der Waals surface area contributed by atoms with Crippen LogP contribution in [0.2, 0.25) is 0 Å². The van der Waals surface area contributed by atoms with Crippen LogP contribution in [0.1, 0.15) is 31.5 Å². The first-order valence-corrected chi connectivity index (χ1v) is 6.71. The average molecular weight is 248 g/mol. The highest BCUT2D eigenvalue weighted by molar-refractivity contribution is 5.45. The molecule has 0 amide bonds. The highest BCUT2D eigenvalue weighted by atomic mass is 15.2. The molecule has 0 aliphatic carbocycles. The maximum atomic E-state index is 5.81. The van der Waals surface area contributed by atoms with E-state index in [1.807, 2.05) is 19.2 Å². The van der Waals surface area contributed by atoms with Crippen LogP contribution in [0.25, 0.3) is 0 Å². The molecule has 0 saturated carbocycles. The molecule has 0 spiro atoms. The van der Waals surface area contributed by atoms with Gasteiger partial charge in [-0.2, -0.15) is 0 Å². The van der Waals surface area contributed by atoms with Gasteiger partial charge in [0.1, 0.15) is 0 Å². The van der Waals surface area contributed by atoms with Crippen molar-refractivity contribution in [1.82, 2.24) is 9.88 Å². The van der Waals surface area contributed by atoms with E-state index in [0.29, 0.717) is 0 Å². The number of hydrogen-bond donors (Lipinski definition) is 1. The number of anilines is 1. The van der Waals surface area contributed by atoms with Crippen molar-refractivity contribution in [2.75, 3.05) is 32.1 Å². The molecule has 0 aromatic carbocycles. The van der Waals surface area contributed by atoms with E-state index >= 15 is 0 Å². The summed E-state index contributed by atoms with van der Waals surface area (Å²) in [7, 11) is 4.33. The minimum atomic E-state index is 0.0125. The molecule has 4 heteroatoms. The Morgan fingerprint density at radius 3 is 2.44 bits per heavy atom. The first-order valence-electron chi connectivity index (χ1n) is 6.71. The molecule has 2 rings (SSSR count). The molecule has 0 radical (unpaired) electrons. The summed E-state index contributed by atoms with van der Waals surface area (Å²) in [6, 6.07) is 4.91. The van der Waals surface area contributed by atoms with Crippen molar-refractivity contribution in [2.24, 2.45) is 5.73 Å². The molecule has 2 heterocycles. The van der Waals surface area contributed by atoms with Crippen molar-refractivity contribution in [3.05, 3.63) is 24.0 Å². The first-order chi connectivity index (χ1) is 8.58. The molecule has 18 heavy (non-hydrogen) atoms. The van der Waals surface area contributed by atoms with E-state index in [2.05, 4.69) is 34.9 Å². The zero-order valence-electron chi connectivity index (χ0n) is 11.6. The van der Waals surface area contributed by atoms with Gasteiger partial charge in [-0.05, 0) is 46.0 Å². The SMILES string of the molecule is C[C@H](N)c1ccc(N2CCC(N(C)C)CC2)cn1. The zero-order valence-corrected chi connectivity index (χ0v) is 11.6. The van der Waals surface area contributed by atoms with Crippen molar-refractivity contribution in [3.63, 3.8) is 0 Å². The molecular weight excluding hydrogens is 224 g/mol. The summed E-state index contributed by atoms with van der Waals surface area (Å²) in [4.78, 5) is 9.17. The first kappa shape index (κ1) is 13.3. The number of aromatic nitrogens is 1. The fourth-order valence-corrected chi connectivity index (χ4v) is 2.49. The standard InChI is InChI=1S/C14H24N4/c1-11(15)14-5-4-13(10-16-14)18-8-6-12(7-9-18)17(2)3/h4-5,10-12H,6-9,15H2,1-3H3/t11-/m0/s1. The van der Waals surface area contributed by atoms with Gasteiger partial charge in [0.2, 0.25) is 0 Å². The van der Waals surface area contributed by atoms with E-state index < -0.39 is 0 Å². The molecule has 4 nitrogen and oxygen atoms in total. The van der Waals surface area contributed by atoms with Crippen LogP contribution in [0.3, 0.4) is 0 Å². The molecular formula is C14H24N4. The van der Waals surface area contributed by atoms with Gasteiger partial charge in [-0.15, -0.1) is 0 Å². The number of nitrogens with zero attached hydrogens (tertiary/aromatic N) is 3. The molecule has 100 valence electrons. The summed E-state index contributed by atoms with van der Waals surface area (Å²) in [6.45, 7) is 4.19. The van der Waals surface area contributed by atoms with Gasteiger partial charge in [-0.25, -0.2) is 0 Å².